The lowest BCUT2D eigenvalue weighted by Crippen LogP contribution is -2.36. The van der Waals surface area contributed by atoms with Crippen LogP contribution in [0.4, 0.5) is 11.6 Å². The van der Waals surface area contributed by atoms with Crippen LogP contribution in [0.3, 0.4) is 0 Å². The number of nitrogen functional groups attached to an aromatic ring is 1. The molecular weight excluding hydrogens is 346 g/mol. The topological polar surface area (TPSA) is 77.2 Å². The van der Waals surface area contributed by atoms with Crippen LogP contribution >= 0.6 is 11.8 Å². The summed E-state index contributed by atoms with van der Waals surface area (Å²) in [6.07, 6.45) is 3.43. The van der Waals surface area contributed by atoms with Crippen LogP contribution in [0.15, 0.2) is 64.8 Å². The highest BCUT2D eigenvalue weighted by molar-refractivity contribution is 7.99. The molecule has 0 bridgehead atoms. The smallest absolute Gasteiger partial charge is 0.219 e. The van der Waals surface area contributed by atoms with Crippen molar-refractivity contribution in [1.29, 1.82) is 0 Å². The molecular formula is C19H19N5OS. The highest BCUT2D eigenvalue weighted by Crippen LogP contribution is 2.32. The van der Waals surface area contributed by atoms with Crippen LogP contribution in [-0.4, -0.2) is 41.3 Å². The van der Waals surface area contributed by atoms with E-state index in [0.29, 0.717) is 0 Å². The number of morpholine rings is 1. The number of hydrogen-bond donors (Lipinski definition) is 1. The van der Waals surface area contributed by atoms with E-state index in [9.17, 15) is 0 Å². The number of pyridine rings is 1. The van der Waals surface area contributed by atoms with E-state index in [2.05, 4.69) is 39.1 Å². The Balaban J connectivity index is 1.72. The molecule has 1 aromatic carbocycles. The maximum absolute atomic E-state index is 5.61. The molecule has 6 nitrogen and oxygen atoms in total. The fraction of sp³-hybridized carbons (Fsp3) is 0.211. The van der Waals surface area contributed by atoms with Crippen molar-refractivity contribution in [1.82, 2.24) is 15.0 Å². The maximum atomic E-state index is 5.61. The van der Waals surface area contributed by atoms with Crippen LogP contribution in [-0.2, 0) is 4.74 Å². The van der Waals surface area contributed by atoms with Gasteiger partial charge in [0.05, 0.1) is 18.9 Å². The predicted molar refractivity (Wildman–Crippen MR) is 103 cm³/mol. The second-order valence-electron chi connectivity index (χ2n) is 5.89. The molecule has 3 heterocycles. The number of rotatable bonds is 4. The second-order valence-corrected chi connectivity index (χ2v) is 6.99. The minimum Gasteiger partial charge on any atom is -0.378 e. The number of ether oxygens (including phenoxy) is 1. The van der Waals surface area contributed by atoms with Crippen molar-refractivity contribution in [2.24, 2.45) is 0 Å². The monoisotopic (exact) mass is 365 g/mol. The third kappa shape index (κ3) is 3.95. The summed E-state index contributed by atoms with van der Waals surface area (Å²) in [6, 6.07) is 14.4. The van der Waals surface area contributed by atoms with Gasteiger partial charge in [-0.2, -0.15) is 0 Å². The molecule has 0 radical (unpaired) electrons. The third-order valence-electron chi connectivity index (χ3n) is 4.10. The molecule has 1 saturated heterocycles. The molecule has 0 aliphatic carbocycles. The summed E-state index contributed by atoms with van der Waals surface area (Å²) >= 11 is 1.64. The Bertz CT molecular complexity index is 867. The van der Waals surface area contributed by atoms with Crippen molar-refractivity contribution >= 4 is 23.4 Å². The van der Waals surface area contributed by atoms with Gasteiger partial charge < -0.3 is 15.4 Å². The lowest BCUT2D eigenvalue weighted by Gasteiger charge is -2.29. The first kappa shape index (κ1) is 16.8. The number of nitrogens with two attached hydrogens (primary N) is 1. The molecule has 2 N–H and O–H groups in total. The fourth-order valence-electron chi connectivity index (χ4n) is 2.78. The minimum absolute atomic E-state index is 0.261. The summed E-state index contributed by atoms with van der Waals surface area (Å²) in [5, 5.41) is 0.937. The van der Waals surface area contributed by atoms with Crippen molar-refractivity contribution in [2.75, 3.05) is 36.9 Å². The van der Waals surface area contributed by atoms with Crippen molar-refractivity contribution in [3.8, 4) is 11.3 Å². The highest BCUT2D eigenvalue weighted by atomic mass is 32.2. The van der Waals surface area contributed by atoms with E-state index in [1.807, 2.05) is 18.2 Å². The van der Waals surface area contributed by atoms with E-state index in [1.165, 1.54) is 0 Å². The number of anilines is 2. The largest absolute Gasteiger partial charge is 0.378 e. The summed E-state index contributed by atoms with van der Waals surface area (Å²) in [4.78, 5) is 16.5. The first-order chi connectivity index (χ1) is 12.8. The van der Waals surface area contributed by atoms with Gasteiger partial charge in [0.2, 0.25) is 5.95 Å². The lowest BCUT2D eigenvalue weighted by atomic mass is 10.2. The Hall–Kier alpha value is -2.64. The zero-order valence-electron chi connectivity index (χ0n) is 14.2. The number of nitrogens with zero attached hydrogens (tertiary/aromatic N) is 4. The van der Waals surface area contributed by atoms with Gasteiger partial charge in [-0.15, -0.1) is 0 Å². The first-order valence-corrected chi connectivity index (χ1v) is 9.25. The lowest BCUT2D eigenvalue weighted by molar-refractivity contribution is 0.122. The Labute approximate surface area is 156 Å². The fourth-order valence-corrected chi connectivity index (χ4v) is 3.63. The van der Waals surface area contributed by atoms with Crippen molar-refractivity contribution < 1.29 is 4.74 Å². The van der Waals surface area contributed by atoms with Crippen LogP contribution in [0, 0.1) is 0 Å². The molecule has 0 saturated carbocycles. The average molecular weight is 365 g/mol. The highest BCUT2D eigenvalue weighted by Gasteiger charge is 2.15. The van der Waals surface area contributed by atoms with E-state index < -0.39 is 0 Å². The molecule has 3 aromatic rings. The van der Waals surface area contributed by atoms with Gasteiger partial charge in [0.15, 0.2) is 0 Å². The zero-order chi connectivity index (χ0) is 17.8. The van der Waals surface area contributed by atoms with Crippen molar-refractivity contribution in [2.45, 2.75) is 9.92 Å². The number of aromatic nitrogens is 3. The molecule has 1 fully saturated rings. The van der Waals surface area contributed by atoms with Gasteiger partial charge >= 0.3 is 0 Å². The van der Waals surface area contributed by atoms with Gasteiger partial charge in [-0.1, -0.05) is 30.0 Å². The molecule has 26 heavy (non-hydrogen) atoms. The number of benzene rings is 1. The maximum Gasteiger partial charge on any atom is 0.219 e. The Morgan fingerprint density at radius 2 is 1.73 bits per heavy atom. The van der Waals surface area contributed by atoms with E-state index >= 15 is 0 Å². The van der Waals surface area contributed by atoms with Crippen LogP contribution in [0.5, 0.6) is 0 Å². The van der Waals surface area contributed by atoms with E-state index in [0.717, 1.165) is 53.2 Å². The summed E-state index contributed by atoms with van der Waals surface area (Å²) in [5.41, 5.74) is 8.44. The van der Waals surface area contributed by atoms with E-state index in [4.69, 9.17) is 15.5 Å². The van der Waals surface area contributed by atoms with Gasteiger partial charge in [-0.05, 0) is 24.3 Å². The third-order valence-corrected chi connectivity index (χ3v) is 5.02. The SMILES string of the molecule is Nc1ncc(-c2cc(N3CCOCC3)cc(Sc3ccccc3)n2)cn1. The molecule has 0 unspecified atom stereocenters. The van der Waals surface area contributed by atoms with Gasteiger partial charge in [0.25, 0.3) is 0 Å². The molecule has 0 spiro atoms. The molecule has 1 aliphatic heterocycles. The summed E-state index contributed by atoms with van der Waals surface area (Å²) in [7, 11) is 0. The minimum atomic E-state index is 0.261. The van der Waals surface area contributed by atoms with E-state index in [1.54, 1.807) is 24.2 Å². The van der Waals surface area contributed by atoms with E-state index in [-0.39, 0.29) is 5.95 Å². The normalized spacial score (nSPS) is 14.4. The summed E-state index contributed by atoms with van der Waals surface area (Å²) in [5.74, 6) is 0.261. The predicted octanol–water partition coefficient (Wildman–Crippen LogP) is 3.11. The quantitative estimate of drug-likeness (QED) is 0.761. The molecule has 0 amide bonds. The molecule has 132 valence electrons. The van der Waals surface area contributed by atoms with Gasteiger partial charge in [-0.3, -0.25) is 0 Å². The average Bonchev–Trinajstić information content (AvgIpc) is 2.70. The molecule has 7 heteroatoms. The molecule has 0 atom stereocenters. The zero-order valence-corrected chi connectivity index (χ0v) is 15.0. The van der Waals surface area contributed by atoms with Crippen LogP contribution in [0.1, 0.15) is 0 Å². The van der Waals surface area contributed by atoms with Gasteiger partial charge in [0, 0.05) is 41.6 Å². The van der Waals surface area contributed by atoms with Gasteiger partial charge in [0.1, 0.15) is 5.03 Å². The second kappa shape index (κ2) is 7.72. The standard InChI is InChI=1S/C19H19N5OS/c20-19-21-12-14(13-22-19)17-10-15(24-6-8-25-9-7-24)11-18(23-17)26-16-4-2-1-3-5-16/h1-5,10-13H,6-9H2,(H2,20,21,22). The van der Waals surface area contributed by atoms with Gasteiger partial charge in [-0.25, -0.2) is 15.0 Å². The van der Waals surface area contributed by atoms with Crippen LogP contribution in [0.25, 0.3) is 11.3 Å². The Morgan fingerprint density at radius 1 is 1.00 bits per heavy atom. The van der Waals surface area contributed by atoms with Crippen molar-refractivity contribution in [3.05, 3.63) is 54.9 Å². The molecule has 2 aromatic heterocycles. The summed E-state index contributed by atoms with van der Waals surface area (Å²) < 4.78 is 5.48. The molecule has 4 rings (SSSR count). The Kier molecular flexibility index (Phi) is 4.99. The van der Waals surface area contributed by atoms with Crippen LogP contribution < -0.4 is 10.6 Å². The molecule has 1 aliphatic rings. The Morgan fingerprint density at radius 3 is 2.46 bits per heavy atom. The summed E-state index contributed by atoms with van der Waals surface area (Å²) in [6.45, 7) is 3.22. The number of hydrogen-bond acceptors (Lipinski definition) is 7. The van der Waals surface area contributed by atoms with Crippen molar-refractivity contribution in [3.63, 3.8) is 0 Å². The van der Waals surface area contributed by atoms with Crippen LogP contribution in [0.2, 0.25) is 0 Å². The first-order valence-electron chi connectivity index (χ1n) is 8.43.